The van der Waals surface area contributed by atoms with E-state index in [4.69, 9.17) is 13.7 Å². The van der Waals surface area contributed by atoms with Gasteiger partial charge in [-0.3, -0.25) is 4.18 Å². The summed E-state index contributed by atoms with van der Waals surface area (Å²) >= 11 is 0. The van der Waals surface area contributed by atoms with Crippen LogP contribution < -0.4 is 0 Å². The van der Waals surface area contributed by atoms with Gasteiger partial charge in [0.2, 0.25) is 0 Å². The van der Waals surface area contributed by atoms with Gasteiger partial charge >= 0.3 is 0 Å². The molecule has 1 aromatic carbocycles. The second kappa shape index (κ2) is 7.65. The zero-order valence-corrected chi connectivity index (χ0v) is 14.9. The summed E-state index contributed by atoms with van der Waals surface area (Å²) in [4.78, 5) is 4.05. The summed E-state index contributed by atoms with van der Waals surface area (Å²) in [5, 5.41) is 0. The molecular formula is C17H22N2O5S. The van der Waals surface area contributed by atoms with Gasteiger partial charge in [-0.2, -0.15) is 8.42 Å². The molecule has 0 amide bonds. The quantitative estimate of drug-likeness (QED) is 0.660. The Morgan fingerprint density at radius 3 is 2.84 bits per heavy atom. The predicted octanol–water partition coefficient (Wildman–Crippen LogP) is 1.60. The molecule has 0 radical (unpaired) electrons. The minimum absolute atomic E-state index is 0.0458. The van der Waals surface area contributed by atoms with E-state index in [1.54, 1.807) is 12.5 Å². The molecule has 3 rings (SSSR count). The van der Waals surface area contributed by atoms with Crippen molar-refractivity contribution in [1.82, 2.24) is 9.55 Å². The van der Waals surface area contributed by atoms with Gasteiger partial charge in [0.1, 0.15) is 6.10 Å². The minimum atomic E-state index is -3.50. The maximum Gasteiger partial charge on any atom is 0.264 e. The van der Waals surface area contributed by atoms with Crippen molar-refractivity contribution in [3.63, 3.8) is 0 Å². The monoisotopic (exact) mass is 366 g/mol. The normalized spacial score (nSPS) is 23.8. The van der Waals surface area contributed by atoms with E-state index in [0.717, 1.165) is 12.7 Å². The van der Waals surface area contributed by atoms with Crippen LogP contribution in [0.15, 0.2) is 49.1 Å². The molecule has 2 heterocycles. The molecule has 0 N–H and O–H groups in total. The fourth-order valence-electron chi connectivity index (χ4n) is 2.83. The van der Waals surface area contributed by atoms with Crippen LogP contribution >= 0.6 is 0 Å². The molecule has 136 valence electrons. The van der Waals surface area contributed by atoms with Crippen molar-refractivity contribution >= 4 is 10.1 Å². The summed E-state index contributed by atoms with van der Waals surface area (Å²) in [6.45, 7) is 0.726. The van der Waals surface area contributed by atoms with E-state index in [9.17, 15) is 8.42 Å². The van der Waals surface area contributed by atoms with Crippen LogP contribution in [-0.2, 0) is 36.7 Å². The van der Waals surface area contributed by atoms with Crippen molar-refractivity contribution < 1.29 is 22.1 Å². The molecular weight excluding hydrogens is 344 g/mol. The lowest BCUT2D eigenvalue weighted by Gasteiger charge is -2.28. The summed E-state index contributed by atoms with van der Waals surface area (Å²) in [6.07, 6.45) is 7.28. The summed E-state index contributed by atoms with van der Waals surface area (Å²) < 4.78 is 41.2. The SMILES string of the molecule is CS(=O)(=O)OC[C@@H]1CO[C@](CCc2ccccc2)(Cn2ccnc2)O1. The molecule has 1 aromatic heterocycles. The van der Waals surface area contributed by atoms with Gasteiger partial charge in [0.15, 0.2) is 5.79 Å². The topological polar surface area (TPSA) is 79.7 Å². The molecule has 1 fully saturated rings. The summed E-state index contributed by atoms with van der Waals surface area (Å²) in [6, 6.07) is 10.1. The number of aromatic nitrogens is 2. The molecule has 1 aliphatic rings. The van der Waals surface area contributed by atoms with Crippen molar-refractivity contribution in [2.75, 3.05) is 19.5 Å². The van der Waals surface area contributed by atoms with Gasteiger partial charge < -0.3 is 14.0 Å². The lowest BCUT2D eigenvalue weighted by molar-refractivity contribution is -0.184. The van der Waals surface area contributed by atoms with Gasteiger partial charge in [0, 0.05) is 18.8 Å². The Morgan fingerprint density at radius 1 is 1.36 bits per heavy atom. The van der Waals surface area contributed by atoms with Gasteiger partial charge in [-0.15, -0.1) is 0 Å². The van der Waals surface area contributed by atoms with Gasteiger partial charge in [0.25, 0.3) is 10.1 Å². The number of benzene rings is 1. The van der Waals surface area contributed by atoms with Gasteiger partial charge in [0.05, 0.1) is 32.3 Å². The number of hydrogen-bond donors (Lipinski definition) is 0. The zero-order chi connectivity index (χ0) is 17.8. The highest BCUT2D eigenvalue weighted by molar-refractivity contribution is 7.85. The van der Waals surface area contributed by atoms with E-state index in [1.165, 1.54) is 5.56 Å². The average Bonchev–Trinajstić information content (AvgIpc) is 3.22. The highest BCUT2D eigenvalue weighted by atomic mass is 32.2. The lowest BCUT2D eigenvalue weighted by atomic mass is 10.0. The van der Waals surface area contributed by atoms with Crippen molar-refractivity contribution in [2.45, 2.75) is 31.3 Å². The third-order valence-corrected chi connectivity index (χ3v) is 4.57. The average molecular weight is 366 g/mol. The molecule has 7 nitrogen and oxygen atoms in total. The van der Waals surface area contributed by atoms with Gasteiger partial charge in [-0.1, -0.05) is 30.3 Å². The van der Waals surface area contributed by atoms with Crippen LogP contribution in [0.1, 0.15) is 12.0 Å². The smallest absolute Gasteiger partial charge is 0.264 e. The van der Waals surface area contributed by atoms with E-state index < -0.39 is 22.0 Å². The van der Waals surface area contributed by atoms with Gasteiger partial charge in [-0.25, -0.2) is 4.98 Å². The van der Waals surface area contributed by atoms with Crippen molar-refractivity contribution in [1.29, 1.82) is 0 Å². The van der Waals surface area contributed by atoms with Gasteiger partial charge in [-0.05, 0) is 12.0 Å². The number of rotatable bonds is 8. The predicted molar refractivity (Wildman–Crippen MR) is 91.3 cm³/mol. The van der Waals surface area contributed by atoms with Crippen LogP contribution in [0.3, 0.4) is 0 Å². The molecule has 2 aromatic rings. The molecule has 1 saturated heterocycles. The van der Waals surface area contributed by atoms with Crippen LogP contribution in [0.5, 0.6) is 0 Å². The fourth-order valence-corrected chi connectivity index (χ4v) is 3.23. The lowest BCUT2D eigenvalue weighted by Crippen LogP contribution is -2.37. The maximum absolute atomic E-state index is 11.2. The van der Waals surface area contributed by atoms with Crippen molar-refractivity contribution in [3.05, 3.63) is 54.6 Å². The second-order valence-corrected chi connectivity index (χ2v) is 7.81. The van der Waals surface area contributed by atoms with Crippen LogP contribution in [0, 0.1) is 0 Å². The number of imidazole rings is 1. The highest BCUT2D eigenvalue weighted by Crippen LogP contribution is 2.31. The molecule has 1 aliphatic heterocycles. The minimum Gasteiger partial charge on any atom is -0.345 e. The molecule has 0 aliphatic carbocycles. The molecule has 2 atom stereocenters. The Balaban J connectivity index is 1.67. The first-order valence-electron chi connectivity index (χ1n) is 8.10. The number of aryl methyl sites for hydroxylation is 1. The summed E-state index contributed by atoms with van der Waals surface area (Å²) in [5.74, 6) is -0.831. The third-order valence-electron chi connectivity index (χ3n) is 4.00. The van der Waals surface area contributed by atoms with E-state index in [-0.39, 0.29) is 6.61 Å². The Labute approximate surface area is 147 Å². The number of hydrogen-bond acceptors (Lipinski definition) is 6. The summed E-state index contributed by atoms with van der Waals surface area (Å²) in [5.41, 5.74) is 1.19. The van der Waals surface area contributed by atoms with Crippen LogP contribution in [-0.4, -0.2) is 49.3 Å². The van der Waals surface area contributed by atoms with E-state index in [0.29, 0.717) is 19.6 Å². The van der Waals surface area contributed by atoms with Crippen molar-refractivity contribution in [3.8, 4) is 0 Å². The largest absolute Gasteiger partial charge is 0.345 e. The first kappa shape index (κ1) is 18.1. The Morgan fingerprint density at radius 2 is 2.16 bits per heavy atom. The van der Waals surface area contributed by atoms with E-state index in [2.05, 4.69) is 17.1 Å². The van der Waals surface area contributed by atoms with Crippen LogP contribution in [0.4, 0.5) is 0 Å². The fraction of sp³-hybridized carbons (Fsp3) is 0.471. The van der Waals surface area contributed by atoms with Crippen LogP contribution in [0.25, 0.3) is 0 Å². The molecule has 0 bridgehead atoms. The first-order chi connectivity index (χ1) is 11.9. The Kier molecular flexibility index (Phi) is 5.53. The zero-order valence-electron chi connectivity index (χ0n) is 14.1. The first-order valence-corrected chi connectivity index (χ1v) is 9.92. The summed E-state index contributed by atoms with van der Waals surface area (Å²) in [7, 11) is -3.50. The van der Waals surface area contributed by atoms with Crippen molar-refractivity contribution in [2.24, 2.45) is 0 Å². The highest BCUT2D eigenvalue weighted by Gasteiger charge is 2.42. The number of ether oxygens (including phenoxy) is 2. The Bertz CT molecular complexity index is 764. The maximum atomic E-state index is 11.2. The molecule has 0 unspecified atom stereocenters. The standard InChI is InChI=1S/C17H22N2O5S/c1-25(20,21)23-12-16-11-22-17(24-16,13-19-10-9-18-14-19)8-7-15-5-3-2-4-6-15/h2-6,9-10,14,16H,7-8,11-13H2,1H3/t16-,17-/m0/s1. The van der Waals surface area contributed by atoms with E-state index >= 15 is 0 Å². The van der Waals surface area contributed by atoms with E-state index in [1.807, 2.05) is 29.0 Å². The number of nitrogens with zero attached hydrogens (tertiary/aromatic N) is 2. The second-order valence-electron chi connectivity index (χ2n) is 6.17. The Hall–Kier alpha value is -1.74. The molecule has 0 saturated carbocycles. The van der Waals surface area contributed by atoms with Crippen LogP contribution in [0.2, 0.25) is 0 Å². The molecule has 8 heteroatoms. The third kappa shape index (κ3) is 5.37. The molecule has 25 heavy (non-hydrogen) atoms. The molecule has 0 spiro atoms.